The number of carbonyl (C=O) groups is 3. The number of hydrogen-bond acceptors (Lipinski definition) is 8. The average molecular weight is 480 g/mol. The molecular formula is C25H21NO7S. The molecule has 2 aromatic carbocycles. The Hall–Kier alpha value is -3.82. The van der Waals surface area contributed by atoms with Crippen molar-refractivity contribution in [2.24, 2.45) is 0 Å². The number of rotatable bonds is 7. The van der Waals surface area contributed by atoms with Crippen LogP contribution < -0.4 is 4.84 Å². The van der Waals surface area contributed by atoms with Crippen molar-refractivity contribution in [1.29, 1.82) is 0 Å². The zero-order chi connectivity index (χ0) is 23.9. The Morgan fingerprint density at radius 1 is 0.882 bits per heavy atom. The monoisotopic (exact) mass is 479 g/mol. The number of carbonyl (C=O) groups excluding carboxylic acids is 3. The predicted molar refractivity (Wildman–Crippen MR) is 123 cm³/mol. The van der Waals surface area contributed by atoms with Crippen molar-refractivity contribution in [3.8, 4) is 0 Å². The van der Waals surface area contributed by atoms with Crippen molar-refractivity contribution in [2.75, 3.05) is 6.61 Å². The van der Waals surface area contributed by atoms with Crippen LogP contribution in [-0.2, 0) is 19.0 Å². The van der Waals surface area contributed by atoms with Gasteiger partial charge in [-0.3, -0.25) is 0 Å². The van der Waals surface area contributed by atoms with E-state index in [1.807, 2.05) is 0 Å². The highest BCUT2D eigenvalue weighted by Gasteiger charge is 2.43. The molecule has 4 rings (SSSR count). The highest BCUT2D eigenvalue weighted by molar-refractivity contribution is 7.71. The minimum atomic E-state index is -1.05. The van der Waals surface area contributed by atoms with Gasteiger partial charge in [-0.1, -0.05) is 54.7 Å². The summed E-state index contributed by atoms with van der Waals surface area (Å²) in [4.78, 5) is 43.0. The Labute approximate surface area is 200 Å². The molecule has 3 aromatic rings. The van der Waals surface area contributed by atoms with Crippen molar-refractivity contribution in [1.82, 2.24) is 4.73 Å². The highest BCUT2D eigenvalue weighted by atomic mass is 32.1. The molecular weight excluding hydrogens is 458 g/mol. The predicted octanol–water partition coefficient (Wildman–Crippen LogP) is 3.41. The van der Waals surface area contributed by atoms with Gasteiger partial charge in [-0.2, -0.15) is 4.73 Å². The third-order valence-corrected chi connectivity index (χ3v) is 5.41. The zero-order valence-corrected chi connectivity index (χ0v) is 18.8. The Balaban J connectivity index is 1.45. The van der Waals surface area contributed by atoms with Crippen molar-refractivity contribution in [2.45, 2.75) is 24.7 Å². The molecule has 0 saturated carbocycles. The minimum absolute atomic E-state index is 0.0329. The lowest BCUT2D eigenvalue weighted by Crippen LogP contribution is -2.33. The number of pyridine rings is 1. The van der Waals surface area contributed by atoms with E-state index in [4.69, 9.17) is 31.3 Å². The number of ether oxygens (including phenoxy) is 3. The van der Waals surface area contributed by atoms with E-state index in [2.05, 4.69) is 0 Å². The largest absolute Gasteiger partial charge is 0.459 e. The third kappa shape index (κ3) is 5.75. The fraction of sp³-hybridized carbons (Fsp3) is 0.200. The maximum atomic E-state index is 12.7. The average Bonchev–Trinajstić information content (AvgIpc) is 3.27. The lowest BCUT2D eigenvalue weighted by Gasteiger charge is -2.19. The lowest BCUT2D eigenvalue weighted by molar-refractivity contribution is -0.158. The molecule has 1 aromatic heterocycles. The number of esters is 2. The molecule has 3 atom stereocenters. The quantitative estimate of drug-likeness (QED) is 0.376. The van der Waals surface area contributed by atoms with Gasteiger partial charge >= 0.3 is 17.9 Å². The molecule has 8 nitrogen and oxygen atoms in total. The number of aromatic nitrogens is 1. The summed E-state index contributed by atoms with van der Waals surface area (Å²) < 4.78 is 18.2. The standard InChI is InChI=1S/C25H21NO7S/c27-23(17-9-3-1-4-10-17)30-16-21-19(32-24(28)18-11-5-2-6-12-18)15-20(31-21)25(29)33-26-14-8-7-13-22(26)34/h1-14,19-21H,15-16H2/t19-,20-,21+/m0/s1. The van der Waals surface area contributed by atoms with E-state index in [0.29, 0.717) is 15.8 Å². The van der Waals surface area contributed by atoms with Gasteiger partial charge in [0.2, 0.25) is 0 Å². The molecule has 174 valence electrons. The lowest BCUT2D eigenvalue weighted by atomic mass is 10.1. The zero-order valence-electron chi connectivity index (χ0n) is 17.9. The van der Waals surface area contributed by atoms with E-state index < -0.39 is 36.2 Å². The molecule has 0 unspecified atom stereocenters. The Bertz CT molecular complexity index is 1210. The summed E-state index contributed by atoms with van der Waals surface area (Å²) in [5.74, 6) is -1.84. The van der Waals surface area contributed by atoms with Gasteiger partial charge in [-0.05, 0) is 36.4 Å². The fourth-order valence-electron chi connectivity index (χ4n) is 3.38. The Morgan fingerprint density at radius 2 is 1.50 bits per heavy atom. The molecule has 0 radical (unpaired) electrons. The van der Waals surface area contributed by atoms with E-state index in [1.165, 1.54) is 6.20 Å². The highest BCUT2D eigenvalue weighted by Crippen LogP contribution is 2.26. The summed E-state index contributed by atoms with van der Waals surface area (Å²) in [6, 6.07) is 21.9. The van der Waals surface area contributed by atoms with Gasteiger partial charge in [0.1, 0.15) is 23.5 Å². The normalized spacial score (nSPS) is 19.2. The van der Waals surface area contributed by atoms with Gasteiger partial charge in [0, 0.05) is 12.6 Å². The third-order valence-electron chi connectivity index (χ3n) is 5.10. The number of nitrogens with zero attached hydrogens (tertiary/aromatic N) is 1. The molecule has 34 heavy (non-hydrogen) atoms. The van der Waals surface area contributed by atoms with E-state index in [-0.39, 0.29) is 13.0 Å². The van der Waals surface area contributed by atoms with Crippen molar-refractivity contribution in [3.05, 3.63) is 101 Å². The van der Waals surface area contributed by atoms with E-state index in [0.717, 1.165) is 4.73 Å². The van der Waals surface area contributed by atoms with Crippen LogP contribution in [0.1, 0.15) is 27.1 Å². The van der Waals surface area contributed by atoms with E-state index in [1.54, 1.807) is 78.9 Å². The molecule has 0 N–H and O–H groups in total. The van der Waals surface area contributed by atoms with Crippen LogP contribution >= 0.6 is 12.2 Å². The van der Waals surface area contributed by atoms with Crippen LogP contribution in [0.25, 0.3) is 0 Å². The van der Waals surface area contributed by atoms with Gasteiger partial charge in [-0.25, -0.2) is 14.4 Å². The molecule has 1 aliphatic heterocycles. The first-order chi connectivity index (χ1) is 16.5. The van der Waals surface area contributed by atoms with Crippen LogP contribution in [0.15, 0.2) is 85.1 Å². The molecule has 0 aliphatic carbocycles. The molecule has 0 spiro atoms. The summed E-state index contributed by atoms with van der Waals surface area (Å²) in [5.41, 5.74) is 0.719. The Kier molecular flexibility index (Phi) is 7.46. The second kappa shape index (κ2) is 10.9. The maximum absolute atomic E-state index is 12.7. The summed E-state index contributed by atoms with van der Waals surface area (Å²) in [6.45, 7) is -0.213. The van der Waals surface area contributed by atoms with Crippen LogP contribution in [0.3, 0.4) is 0 Å². The maximum Gasteiger partial charge on any atom is 0.361 e. The first kappa shape index (κ1) is 23.3. The number of benzene rings is 2. The van der Waals surface area contributed by atoms with Crippen LogP contribution in [0, 0.1) is 4.64 Å². The first-order valence-corrected chi connectivity index (χ1v) is 11.0. The van der Waals surface area contributed by atoms with Crippen LogP contribution in [-0.4, -0.2) is 47.6 Å². The molecule has 1 saturated heterocycles. The molecule has 0 bridgehead atoms. The minimum Gasteiger partial charge on any atom is -0.459 e. The summed E-state index contributed by atoms with van der Waals surface area (Å²) in [5, 5.41) is 0. The SMILES string of the molecule is O=C(OC[C@H]1O[C@H](C(=O)On2ccccc2=S)C[C@@H]1OC(=O)c1ccccc1)c1ccccc1. The second-order valence-electron chi connectivity index (χ2n) is 7.45. The summed E-state index contributed by atoms with van der Waals surface area (Å²) in [6.07, 6.45) is -1.21. The van der Waals surface area contributed by atoms with Crippen LogP contribution in [0.2, 0.25) is 0 Å². The fourth-order valence-corrected chi connectivity index (χ4v) is 3.55. The van der Waals surface area contributed by atoms with E-state index >= 15 is 0 Å². The Morgan fingerprint density at radius 3 is 2.15 bits per heavy atom. The van der Waals surface area contributed by atoms with Gasteiger partial charge < -0.3 is 19.0 Å². The van der Waals surface area contributed by atoms with Crippen molar-refractivity contribution >= 4 is 30.1 Å². The summed E-state index contributed by atoms with van der Waals surface area (Å²) in [7, 11) is 0. The van der Waals surface area contributed by atoms with Gasteiger partial charge in [0.25, 0.3) is 0 Å². The summed E-state index contributed by atoms with van der Waals surface area (Å²) >= 11 is 5.14. The van der Waals surface area contributed by atoms with E-state index in [9.17, 15) is 14.4 Å². The molecule has 1 fully saturated rings. The van der Waals surface area contributed by atoms with Gasteiger partial charge in [-0.15, -0.1) is 0 Å². The second-order valence-corrected chi connectivity index (χ2v) is 7.87. The smallest absolute Gasteiger partial charge is 0.361 e. The van der Waals surface area contributed by atoms with Gasteiger partial charge in [0.15, 0.2) is 6.10 Å². The van der Waals surface area contributed by atoms with Crippen LogP contribution in [0.5, 0.6) is 0 Å². The first-order valence-electron chi connectivity index (χ1n) is 10.5. The van der Waals surface area contributed by atoms with Crippen molar-refractivity contribution < 1.29 is 33.4 Å². The van der Waals surface area contributed by atoms with Crippen molar-refractivity contribution in [3.63, 3.8) is 0 Å². The topological polar surface area (TPSA) is 93.1 Å². The molecule has 9 heteroatoms. The van der Waals surface area contributed by atoms with Gasteiger partial charge in [0.05, 0.1) is 11.1 Å². The van der Waals surface area contributed by atoms with Crippen LogP contribution in [0.4, 0.5) is 0 Å². The number of hydrogen-bond donors (Lipinski definition) is 0. The molecule has 1 aliphatic rings. The molecule has 2 heterocycles. The molecule has 0 amide bonds.